The van der Waals surface area contributed by atoms with Gasteiger partial charge in [-0.05, 0) is 119 Å². The summed E-state index contributed by atoms with van der Waals surface area (Å²) in [5, 5.41) is 2.51. The molecule has 0 amide bonds. The standard InChI is InChI=1S/C58H45N/c1-57(2)52-27-11-8-23-50(52)56-49(25-15-28-53(56)57)48-22-9-12-29-55(48)59(42-33-30-39(31-34-42)45-24-14-17-38-16-5-6-20-44(38)45)43-19-13-18-40(36-43)41-32-35-47-46-21-7-10-26-51(46)58(3,4)54(47)37-41/h5-37H,1-4H3. The Morgan fingerprint density at radius 2 is 0.864 bits per heavy atom. The highest BCUT2D eigenvalue weighted by molar-refractivity contribution is 6.00. The van der Waals surface area contributed by atoms with Gasteiger partial charge in [0.2, 0.25) is 0 Å². The molecule has 9 aromatic rings. The smallest absolute Gasteiger partial charge is 0.0540 e. The fourth-order valence-electron chi connectivity index (χ4n) is 10.3. The molecule has 11 rings (SSSR count). The summed E-state index contributed by atoms with van der Waals surface area (Å²) >= 11 is 0. The zero-order valence-electron chi connectivity index (χ0n) is 34.0. The zero-order chi connectivity index (χ0) is 39.9. The predicted octanol–water partition coefficient (Wildman–Crippen LogP) is 15.9. The Labute approximate surface area is 347 Å². The van der Waals surface area contributed by atoms with Gasteiger partial charge in [-0.2, -0.15) is 0 Å². The van der Waals surface area contributed by atoms with Gasteiger partial charge >= 0.3 is 0 Å². The van der Waals surface area contributed by atoms with Gasteiger partial charge in [0.1, 0.15) is 0 Å². The molecule has 0 saturated heterocycles. The summed E-state index contributed by atoms with van der Waals surface area (Å²) in [4.78, 5) is 2.46. The second-order valence-corrected chi connectivity index (χ2v) is 17.3. The van der Waals surface area contributed by atoms with Crippen LogP contribution in [-0.2, 0) is 10.8 Å². The fourth-order valence-corrected chi connectivity index (χ4v) is 10.3. The van der Waals surface area contributed by atoms with Crippen LogP contribution >= 0.6 is 0 Å². The minimum absolute atomic E-state index is 0.0700. The van der Waals surface area contributed by atoms with E-state index in [0.717, 1.165) is 17.1 Å². The number of para-hydroxylation sites is 1. The van der Waals surface area contributed by atoms with Crippen LogP contribution in [-0.4, -0.2) is 0 Å². The Hall–Kier alpha value is -6.96. The van der Waals surface area contributed by atoms with Crippen molar-refractivity contribution in [1.82, 2.24) is 0 Å². The van der Waals surface area contributed by atoms with Crippen molar-refractivity contribution in [3.8, 4) is 55.6 Å². The minimum atomic E-state index is -0.0892. The first-order valence-corrected chi connectivity index (χ1v) is 20.8. The van der Waals surface area contributed by atoms with Crippen molar-refractivity contribution in [2.45, 2.75) is 38.5 Å². The van der Waals surface area contributed by atoms with Crippen LogP contribution in [0.1, 0.15) is 49.9 Å². The first-order valence-electron chi connectivity index (χ1n) is 20.8. The SMILES string of the molecule is CC1(C)c2ccccc2-c2ccc(-c3cccc(N(c4ccc(-c5cccc6ccccc56)cc4)c4ccccc4-c4cccc5c4-c4ccccc4C5(C)C)c3)cc21. The highest BCUT2D eigenvalue weighted by Crippen LogP contribution is 2.54. The third-order valence-electron chi connectivity index (χ3n) is 13.3. The maximum Gasteiger partial charge on any atom is 0.0540 e. The summed E-state index contributed by atoms with van der Waals surface area (Å²) in [7, 11) is 0. The molecule has 0 aromatic heterocycles. The summed E-state index contributed by atoms with van der Waals surface area (Å²) in [6.07, 6.45) is 0. The lowest BCUT2D eigenvalue weighted by Crippen LogP contribution is -2.15. The van der Waals surface area contributed by atoms with Crippen LogP contribution < -0.4 is 4.90 Å². The van der Waals surface area contributed by atoms with E-state index in [9.17, 15) is 0 Å². The van der Waals surface area contributed by atoms with Gasteiger partial charge in [-0.1, -0.05) is 191 Å². The van der Waals surface area contributed by atoms with Crippen molar-refractivity contribution in [3.63, 3.8) is 0 Å². The first kappa shape index (κ1) is 35.2. The second kappa shape index (κ2) is 13.3. The van der Waals surface area contributed by atoms with Crippen LogP contribution in [0.3, 0.4) is 0 Å². The van der Waals surface area contributed by atoms with Gasteiger partial charge in [0.05, 0.1) is 5.69 Å². The van der Waals surface area contributed by atoms with Crippen molar-refractivity contribution < 1.29 is 0 Å². The maximum absolute atomic E-state index is 2.46. The van der Waals surface area contributed by atoms with Crippen LogP contribution in [0.15, 0.2) is 200 Å². The zero-order valence-corrected chi connectivity index (χ0v) is 34.0. The molecule has 0 saturated carbocycles. The molecule has 0 unspecified atom stereocenters. The van der Waals surface area contributed by atoms with E-state index in [-0.39, 0.29) is 10.8 Å². The van der Waals surface area contributed by atoms with Crippen LogP contribution in [0.2, 0.25) is 0 Å². The second-order valence-electron chi connectivity index (χ2n) is 17.3. The van der Waals surface area contributed by atoms with E-state index in [1.165, 1.54) is 88.7 Å². The van der Waals surface area contributed by atoms with Gasteiger partial charge in [0, 0.05) is 27.8 Å². The Kier molecular flexibility index (Phi) is 7.94. The summed E-state index contributed by atoms with van der Waals surface area (Å²) in [5.74, 6) is 0. The molecule has 1 heteroatoms. The molecular formula is C58H45N. The number of hydrogen-bond acceptors (Lipinski definition) is 1. The first-order chi connectivity index (χ1) is 28.8. The molecule has 0 fully saturated rings. The molecule has 59 heavy (non-hydrogen) atoms. The molecular weight excluding hydrogens is 711 g/mol. The van der Waals surface area contributed by atoms with E-state index < -0.39 is 0 Å². The van der Waals surface area contributed by atoms with Gasteiger partial charge in [0.25, 0.3) is 0 Å². The van der Waals surface area contributed by atoms with Gasteiger partial charge in [-0.15, -0.1) is 0 Å². The van der Waals surface area contributed by atoms with E-state index in [4.69, 9.17) is 0 Å². The van der Waals surface area contributed by atoms with Gasteiger partial charge in [0.15, 0.2) is 0 Å². The molecule has 2 aliphatic rings. The third kappa shape index (κ3) is 5.45. The lowest BCUT2D eigenvalue weighted by molar-refractivity contribution is 0.660. The Morgan fingerprint density at radius 3 is 1.69 bits per heavy atom. The van der Waals surface area contributed by atoms with Crippen LogP contribution in [0, 0.1) is 0 Å². The number of hydrogen-bond donors (Lipinski definition) is 0. The van der Waals surface area contributed by atoms with E-state index in [1.54, 1.807) is 0 Å². The average molecular weight is 756 g/mol. The normalized spacial score (nSPS) is 14.0. The Balaban J connectivity index is 1.09. The number of nitrogens with zero attached hydrogens (tertiary/aromatic N) is 1. The topological polar surface area (TPSA) is 3.24 Å². The summed E-state index contributed by atoms with van der Waals surface area (Å²) in [6.45, 7) is 9.44. The van der Waals surface area contributed by atoms with Crippen molar-refractivity contribution in [3.05, 3.63) is 222 Å². The number of fused-ring (bicyclic) bond motifs is 7. The van der Waals surface area contributed by atoms with Gasteiger partial charge < -0.3 is 4.90 Å². The van der Waals surface area contributed by atoms with Crippen LogP contribution in [0.4, 0.5) is 17.1 Å². The lowest BCUT2D eigenvalue weighted by Gasteiger charge is -2.29. The third-order valence-corrected chi connectivity index (χ3v) is 13.3. The molecule has 2 aliphatic carbocycles. The van der Waals surface area contributed by atoms with E-state index in [1.807, 2.05) is 0 Å². The highest BCUT2D eigenvalue weighted by Gasteiger charge is 2.37. The predicted molar refractivity (Wildman–Crippen MR) is 250 cm³/mol. The largest absolute Gasteiger partial charge is 0.310 e. The van der Waals surface area contributed by atoms with Crippen molar-refractivity contribution in [2.75, 3.05) is 4.90 Å². The molecule has 0 spiro atoms. The quantitative estimate of drug-likeness (QED) is 0.163. The highest BCUT2D eigenvalue weighted by atomic mass is 15.1. The van der Waals surface area contributed by atoms with E-state index in [0.29, 0.717) is 0 Å². The maximum atomic E-state index is 2.46. The number of anilines is 3. The minimum Gasteiger partial charge on any atom is -0.310 e. The van der Waals surface area contributed by atoms with Crippen LogP contribution in [0.5, 0.6) is 0 Å². The van der Waals surface area contributed by atoms with Crippen molar-refractivity contribution in [2.24, 2.45) is 0 Å². The fraction of sp³-hybridized carbons (Fsp3) is 0.103. The molecule has 0 bridgehead atoms. The summed E-state index contributed by atoms with van der Waals surface area (Å²) in [5.41, 5.74) is 21.4. The van der Waals surface area contributed by atoms with Crippen LogP contribution in [0.25, 0.3) is 66.4 Å². The molecule has 1 nitrogen and oxygen atoms in total. The summed E-state index contributed by atoms with van der Waals surface area (Å²) in [6, 6.07) is 74.3. The molecule has 0 atom stereocenters. The summed E-state index contributed by atoms with van der Waals surface area (Å²) < 4.78 is 0. The number of benzene rings is 9. The molecule has 282 valence electrons. The molecule has 0 heterocycles. The molecule has 0 aliphatic heterocycles. The average Bonchev–Trinajstić information content (AvgIpc) is 3.66. The van der Waals surface area contributed by atoms with E-state index >= 15 is 0 Å². The Bertz CT molecular complexity index is 3100. The lowest BCUT2D eigenvalue weighted by atomic mass is 9.81. The molecule has 9 aromatic carbocycles. The van der Waals surface area contributed by atoms with Gasteiger partial charge in [-0.3, -0.25) is 0 Å². The molecule has 0 radical (unpaired) electrons. The van der Waals surface area contributed by atoms with E-state index in [2.05, 4.69) is 233 Å². The van der Waals surface area contributed by atoms with Gasteiger partial charge in [-0.25, -0.2) is 0 Å². The molecule has 0 N–H and O–H groups in total. The number of rotatable bonds is 6. The Morgan fingerprint density at radius 1 is 0.322 bits per heavy atom. The van der Waals surface area contributed by atoms with Crippen molar-refractivity contribution in [1.29, 1.82) is 0 Å². The monoisotopic (exact) mass is 755 g/mol. The van der Waals surface area contributed by atoms with Crippen molar-refractivity contribution >= 4 is 27.8 Å².